The molecule has 264 valence electrons. The lowest BCUT2D eigenvalue weighted by Gasteiger charge is -2.10. The second-order valence-corrected chi connectivity index (χ2v) is 12.4. The highest BCUT2D eigenvalue weighted by Gasteiger charge is 2.21. The summed E-state index contributed by atoms with van der Waals surface area (Å²) in [4.78, 5) is 47.6. The average Bonchev–Trinajstić information content (AvgIpc) is 3.08. The van der Waals surface area contributed by atoms with Gasteiger partial charge < -0.3 is 28.4 Å². The summed E-state index contributed by atoms with van der Waals surface area (Å²) in [6.07, 6.45) is 0. The molecule has 0 heterocycles. The van der Waals surface area contributed by atoms with Gasteiger partial charge in [-0.2, -0.15) is 0 Å². The summed E-state index contributed by atoms with van der Waals surface area (Å²) in [6.45, 7) is 8.72. The fraction of sp³-hybridized carbons (Fsp3) is 0.111. The van der Waals surface area contributed by atoms with E-state index in [0.29, 0.717) is 0 Å². The number of hydrogen-bond donors (Lipinski definition) is 0. The SMILES string of the molecule is C=C(C)C(=O)OCOc1ccc(C(=O)Oc2ccc(S(=O)(=O)c3ccc(OC(=O)c4ccc(OCOC(=O)C(=C)C)cc4F)cc3)cc2)c(F)c1. The van der Waals surface area contributed by atoms with E-state index in [9.17, 15) is 36.4 Å². The molecule has 12 nitrogen and oxygen atoms in total. The molecular weight excluding hydrogens is 694 g/mol. The normalized spacial score (nSPS) is 10.7. The van der Waals surface area contributed by atoms with Gasteiger partial charge in [-0.05, 0) is 86.6 Å². The first-order valence-corrected chi connectivity index (χ1v) is 16.0. The first-order valence-electron chi connectivity index (χ1n) is 14.5. The van der Waals surface area contributed by atoms with Gasteiger partial charge in [0, 0.05) is 23.3 Å². The molecule has 0 unspecified atom stereocenters. The van der Waals surface area contributed by atoms with Crippen LogP contribution in [0.2, 0.25) is 0 Å². The second-order valence-electron chi connectivity index (χ2n) is 10.5. The molecule has 0 aliphatic heterocycles. The molecule has 0 saturated carbocycles. The maximum Gasteiger partial charge on any atom is 0.346 e. The molecule has 0 saturated heterocycles. The maximum absolute atomic E-state index is 14.6. The molecular formula is C36H28F2O12S. The Balaban J connectivity index is 1.34. The number of rotatable bonds is 14. The van der Waals surface area contributed by atoms with Crippen molar-refractivity contribution in [2.45, 2.75) is 23.6 Å². The topological polar surface area (TPSA) is 158 Å². The van der Waals surface area contributed by atoms with Crippen molar-refractivity contribution in [2.75, 3.05) is 13.6 Å². The standard InChI is InChI=1S/C36H28F2O12S/c1-21(2)33(39)47-19-45-25-9-15-29(31(37)17-25)35(41)49-23-5-11-27(12-6-23)51(43,44)28-13-7-24(8-14-28)50-36(42)30-16-10-26(18-32(30)38)46-20-48-34(40)22(3)4/h5-18H,1,3,19-20H2,2,4H3. The van der Waals surface area contributed by atoms with Crippen LogP contribution in [0.15, 0.2) is 119 Å². The summed E-state index contributed by atoms with van der Waals surface area (Å²) < 4.78 is 85.6. The van der Waals surface area contributed by atoms with Gasteiger partial charge in [-0.3, -0.25) is 0 Å². The molecule has 51 heavy (non-hydrogen) atoms. The number of carbonyl (C=O) groups is 4. The number of ether oxygens (including phenoxy) is 6. The highest BCUT2D eigenvalue weighted by Crippen LogP contribution is 2.27. The predicted octanol–water partition coefficient (Wildman–Crippen LogP) is 6.15. The van der Waals surface area contributed by atoms with Crippen LogP contribution < -0.4 is 18.9 Å². The summed E-state index contributed by atoms with van der Waals surface area (Å²) in [5.74, 6) is -5.69. The van der Waals surface area contributed by atoms with Crippen LogP contribution in [0.5, 0.6) is 23.0 Å². The minimum atomic E-state index is -4.09. The van der Waals surface area contributed by atoms with Gasteiger partial charge in [0.05, 0.1) is 20.9 Å². The van der Waals surface area contributed by atoms with E-state index in [1.807, 2.05) is 0 Å². The van der Waals surface area contributed by atoms with E-state index in [0.717, 1.165) is 24.3 Å². The first-order chi connectivity index (χ1) is 24.1. The van der Waals surface area contributed by atoms with Gasteiger partial charge in [0.2, 0.25) is 23.4 Å². The summed E-state index contributed by atoms with van der Waals surface area (Å²) in [6, 6.07) is 16.0. The van der Waals surface area contributed by atoms with Crippen molar-refractivity contribution >= 4 is 33.7 Å². The number of halogens is 2. The van der Waals surface area contributed by atoms with Gasteiger partial charge in [0.1, 0.15) is 34.6 Å². The quantitative estimate of drug-likeness (QED) is 0.0634. The van der Waals surface area contributed by atoms with E-state index < -0.39 is 70.1 Å². The van der Waals surface area contributed by atoms with Crippen LogP contribution >= 0.6 is 0 Å². The zero-order chi connectivity index (χ0) is 37.3. The van der Waals surface area contributed by atoms with Crippen molar-refractivity contribution in [3.63, 3.8) is 0 Å². The lowest BCUT2D eigenvalue weighted by molar-refractivity contribution is -0.146. The molecule has 0 aliphatic carbocycles. The van der Waals surface area contributed by atoms with E-state index in [4.69, 9.17) is 28.4 Å². The van der Waals surface area contributed by atoms with Crippen molar-refractivity contribution in [2.24, 2.45) is 0 Å². The van der Waals surface area contributed by atoms with Crippen molar-refractivity contribution in [1.82, 2.24) is 0 Å². The smallest absolute Gasteiger partial charge is 0.346 e. The lowest BCUT2D eigenvalue weighted by atomic mass is 10.2. The molecule has 0 amide bonds. The largest absolute Gasteiger partial charge is 0.457 e. The Labute approximate surface area is 290 Å². The number of benzene rings is 4. The van der Waals surface area contributed by atoms with Gasteiger partial charge in [0.25, 0.3) is 0 Å². The summed E-state index contributed by atoms with van der Waals surface area (Å²) >= 11 is 0. The van der Waals surface area contributed by atoms with Gasteiger partial charge in [-0.25, -0.2) is 36.4 Å². The third kappa shape index (κ3) is 9.86. The van der Waals surface area contributed by atoms with E-state index >= 15 is 0 Å². The van der Waals surface area contributed by atoms with E-state index in [1.165, 1.54) is 74.5 Å². The fourth-order valence-corrected chi connectivity index (χ4v) is 5.15. The molecule has 0 aromatic heterocycles. The Hall–Kier alpha value is -6.35. The highest BCUT2D eigenvalue weighted by molar-refractivity contribution is 7.91. The Bertz CT molecular complexity index is 1960. The summed E-state index contributed by atoms with van der Waals surface area (Å²) in [5, 5.41) is 0. The summed E-state index contributed by atoms with van der Waals surface area (Å²) in [5.41, 5.74) is -0.574. The number of hydrogen-bond acceptors (Lipinski definition) is 12. The molecule has 0 fully saturated rings. The monoisotopic (exact) mass is 722 g/mol. The van der Waals surface area contributed by atoms with Gasteiger partial charge in [0.15, 0.2) is 0 Å². The molecule has 0 aliphatic rings. The van der Waals surface area contributed by atoms with E-state index in [-0.39, 0.29) is 43.9 Å². The molecule has 4 aromatic rings. The van der Waals surface area contributed by atoms with Crippen LogP contribution in [0.4, 0.5) is 8.78 Å². The van der Waals surface area contributed by atoms with Crippen LogP contribution in [-0.2, 0) is 28.9 Å². The number of esters is 4. The van der Waals surface area contributed by atoms with Crippen molar-refractivity contribution in [3.8, 4) is 23.0 Å². The van der Waals surface area contributed by atoms with Crippen LogP contribution in [0.25, 0.3) is 0 Å². The summed E-state index contributed by atoms with van der Waals surface area (Å²) in [7, 11) is -4.09. The van der Waals surface area contributed by atoms with Crippen molar-refractivity contribution in [1.29, 1.82) is 0 Å². The van der Waals surface area contributed by atoms with Gasteiger partial charge in [-0.1, -0.05) is 13.2 Å². The predicted molar refractivity (Wildman–Crippen MR) is 174 cm³/mol. The molecule has 0 bridgehead atoms. The van der Waals surface area contributed by atoms with Crippen LogP contribution in [-0.4, -0.2) is 45.9 Å². The van der Waals surface area contributed by atoms with Crippen molar-refractivity contribution < 1.29 is 64.8 Å². The van der Waals surface area contributed by atoms with E-state index in [1.54, 1.807) is 0 Å². The van der Waals surface area contributed by atoms with Crippen LogP contribution in [0.3, 0.4) is 0 Å². The zero-order valence-electron chi connectivity index (χ0n) is 27.0. The van der Waals surface area contributed by atoms with Crippen LogP contribution in [0, 0.1) is 11.6 Å². The average molecular weight is 723 g/mol. The molecule has 0 radical (unpaired) electrons. The van der Waals surface area contributed by atoms with Gasteiger partial charge in [-0.15, -0.1) is 0 Å². The fourth-order valence-electron chi connectivity index (χ4n) is 3.88. The maximum atomic E-state index is 14.6. The van der Waals surface area contributed by atoms with Gasteiger partial charge >= 0.3 is 23.9 Å². The molecule has 0 N–H and O–H groups in total. The first kappa shape index (κ1) is 37.5. The number of sulfone groups is 1. The van der Waals surface area contributed by atoms with E-state index in [2.05, 4.69) is 13.2 Å². The third-order valence-corrected chi connectivity index (χ3v) is 8.32. The Morgan fingerprint density at radius 1 is 0.569 bits per heavy atom. The second kappa shape index (κ2) is 16.4. The number of carbonyl (C=O) groups excluding carboxylic acids is 4. The molecule has 0 atom stereocenters. The third-order valence-electron chi connectivity index (χ3n) is 6.54. The molecule has 0 spiro atoms. The minimum Gasteiger partial charge on any atom is -0.457 e. The Morgan fingerprint density at radius 3 is 1.22 bits per heavy atom. The lowest BCUT2D eigenvalue weighted by Crippen LogP contribution is -2.13. The Morgan fingerprint density at radius 2 is 0.902 bits per heavy atom. The highest BCUT2D eigenvalue weighted by atomic mass is 32.2. The van der Waals surface area contributed by atoms with Crippen molar-refractivity contribution in [3.05, 3.63) is 132 Å². The molecule has 4 rings (SSSR count). The zero-order valence-corrected chi connectivity index (χ0v) is 27.8. The molecule has 4 aromatic carbocycles. The minimum absolute atomic E-state index is 0.0213. The Kier molecular flexibility index (Phi) is 12.0. The molecule has 15 heteroatoms. The van der Waals surface area contributed by atoms with Crippen LogP contribution in [0.1, 0.15) is 34.6 Å².